The van der Waals surface area contributed by atoms with Crippen molar-refractivity contribution in [2.45, 2.75) is 25.0 Å². The van der Waals surface area contributed by atoms with Gasteiger partial charge in [-0.1, -0.05) is 0 Å². The molecule has 2 aromatic rings. The Morgan fingerprint density at radius 1 is 1.26 bits per heavy atom. The van der Waals surface area contributed by atoms with Gasteiger partial charge < -0.3 is 20.1 Å². The summed E-state index contributed by atoms with van der Waals surface area (Å²) in [4.78, 5) is 2.41. The van der Waals surface area contributed by atoms with Crippen molar-refractivity contribution in [2.24, 2.45) is 0 Å². The van der Waals surface area contributed by atoms with Gasteiger partial charge in [-0.3, -0.25) is 0 Å². The van der Waals surface area contributed by atoms with Gasteiger partial charge in [-0.05, 0) is 59.5 Å². The second-order valence-corrected chi connectivity index (χ2v) is 6.72. The molecule has 1 fully saturated rings. The van der Waals surface area contributed by atoms with Crippen LogP contribution in [-0.2, 0) is 0 Å². The molecule has 0 radical (unpaired) electrons. The molecule has 5 heteroatoms. The van der Waals surface area contributed by atoms with E-state index in [1.54, 1.807) is 18.4 Å². The molecule has 0 saturated carbocycles. The number of piperidine rings is 1. The number of aliphatic hydroxyl groups is 1. The third-order valence-electron chi connectivity index (χ3n) is 4.46. The third kappa shape index (κ3) is 4.25. The molecule has 2 heterocycles. The molecule has 23 heavy (non-hydrogen) atoms. The maximum atomic E-state index is 10.1. The van der Waals surface area contributed by atoms with Crippen molar-refractivity contribution in [2.75, 3.05) is 31.6 Å². The summed E-state index contributed by atoms with van der Waals surface area (Å²) in [5, 5.41) is 17.7. The zero-order valence-electron chi connectivity index (χ0n) is 13.4. The van der Waals surface area contributed by atoms with E-state index < -0.39 is 6.10 Å². The van der Waals surface area contributed by atoms with Crippen LogP contribution in [0.5, 0.6) is 5.75 Å². The van der Waals surface area contributed by atoms with Gasteiger partial charge in [-0.15, -0.1) is 0 Å². The van der Waals surface area contributed by atoms with Crippen LogP contribution in [0, 0.1) is 0 Å². The highest BCUT2D eigenvalue weighted by Crippen LogP contribution is 2.23. The predicted octanol–water partition coefficient (Wildman–Crippen LogP) is 3.05. The lowest BCUT2D eigenvalue weighted by Gasteiger charge is -2.34. The SMILES string of the molecule is COc1ccc(N2CCC(NCC(O)c3ccsc3)CC2)cc1. The van der Waals surface area contributed by atoms with Crippen molar-refractivity contribution >= 4 is 17.0 Å². The van der Waals surface area contributed by atoms with Crippen LogP contribution in [0.25, 0.3) is 0 Å². The molecule has 124 valence electrons. The van der Waals surface area contributed by atoms with E-state index in [0.29, 0.717) is 12.6 Å². The van der Waals surface area contributed by atoms with Crippen LogP contribution in [0.2, 0.25) is 0 Å². The Balaban J connectivity index is 1.44. The van der Waals surface area contributed by atoms with Gasteiger partial charge in [0.2, 0.25) is 0 Å². The normalized spacial score (nSPS) is 17.2. The van der Waals surface area contributed by atoms with Gasteiger partial charge in [0.25, 0.3) is 0 Å². The lowest BCUT2D eigenvalue weighted by atomic mass is 10.0. The van der Waals surface area contributed by atoms with E-state index in [0.717, 1.165) is 37.2 Å². The number of hydrogen-bond acceptors (Lipinski definition) is 5. The van der Waals surface area contributed by atoms with Crippen molar-refractivity contribution in [3.05, 3.63) is 46.7 Å². The van der Waals surface area contributed by atoms with E-state index in [-0.39, 0.29) is 0 Å². The molecule has 0 bridgehead atoms. The summed E-state index contributed by atoms with van der Waals surface area (Å²) >= 11 is 1.63. The van der Waals surface area contributed by atoms with Crippen LogP contribution in [-0.4, -0.2) is 37.9 Å². The number of benzene rings is 1. The van der Waals surface area contributed by atoms with Crippen LogP contribution in [0.1, 0.15) is 24.5 Å². The molecule has 0 spiro atoms. The van der Waals surface area contributed by atoms with E-state index in [9.17, 15) is 5.11 Å². The van der Waals surface area contributed by atoms with Crippen LogP contribution in [0.4, 0.5) is 5.69 Å². The van der Waals surface area contributed by atoms with E-state index in [4.69, 9.17) is 4.74 Å². The third-order valence-corrected chi connectivity index (χ3v) is 5.16. The summed E-state index contributed by atoms with van der Waals surface area (Å²) < 4.78 is 5.21. The molecule has 3 rings (SSSR count). The Labute approximate surface area is 141 Å². The van der Waals surface area contributed by atoms with Gasteiger partial charge in [-0.2, -0.15) is 11.3 Å². The number of nitrogens with zero attached hydrogens (tertiary/aromatic N) is 1. The molecular formula is C18H24N2O2S. The first-order valence-corrected chi connectivity index (χ1v) is 9.03. The van der Waals surface area contributed by atoms with Crippen LogP contribution < -0.4 is 15.0 Å². The molecule has 1 atom stereocenters. The van der Waals surface area contributed by atoms with Gasteiger partial charge in [0.1, 0.15) is 5.75 Å². The fourth-order valence-electron chi connectivity index (χ4n) is 3.00. The lowest BCUT2D eigenvalue weighted by Crippen LogP contribution is -2.43. The maximum absolute atomic E-state index is 10.1. The quantitative estimate of drug-likeness (QED) is 0.853. The van der Waals surface area contributed by atoms with Crippen LogP contribution in [0.15, 0.2) is 41.1 Å². The van der Waals surface area contributed by atoms with Gasteiger partial charge in [0.15, 0.2) is 0 Å². The largest absolute Gasteiger partial charge is 0.497 e. The molecule has 2 N–H and O–H groups in total. The summed E-state index contributed by atoms with van der Waals surface area (Å²) in [6.07, 6.45) is 1.80. The fourth-order valence-corrected chi connectivity index (χ4v) is 3.70. The number of aliphatic hydroxyl groups excluding tert-OH is 1. The molecule has 4 nitrogen and oxygen atoms in total. The van der Waals surface area contributed by atoms with E-state index >= 15 is 0 Å². The van der Waals surface area contributed by atoms with Crippen LogP contribution in [0.3, 0.4) is 0 Å². The molecule has 0 amide bonds. The number of ether oxygens (including phenoxy) is 1. The first-order valence-electron chi connectivity index (χ1n) is 8.09. The first kappa shape index (κ1) is 16.3. The highest BCUT2D eigenvalue weighted by Gasteiger charge is 2.20. The standard InChI is InChI=1S/C18H24N2O2S/c1-22-17-4-2-16(3-5-17)20-9-6-15(7-10-20)19-12-18(21)14-8-11-23-13-14/h2-5,8,11,13,15,18-19,21H,6-7,9-10,12H2,1H3. The smallest absolute Gasteiger partial charge is 0.119 e. The number of thiophene rings is 1. The number of hydrogen-bond donors (Lipinski definition) is 2. The topological polar surface area (TPSA) is 44.7 Å². The fraction of sp³-hybridized carbons (Fsp3) is 0.444. The summed E-state index contributed by atoms with van der Waals surface area (Å²) in [5.41, 5.74) is 2.26. The lowest BCUT2D eigenvalue weighted by molar-refractivity contribution is 0.167. The Hall–Kier alpha value is -1.56. The zero-order valence-corrected chi connectivity index (χ0v) is 14.3. The Morgan fingerprint density at radius 2 is 2.00 bits per heavy atom. The molecule has 1 aromatic heterocycles. The summed E-state index contributed by atoms with van der Waals surface area (Å²) in [5.74, 6) is 0.896. The molecule has 1 aromatic carbocycles. The van der Waals surface area contributed by atoms with Crippen LogP contribution >= 0.6 is 11.3 Å². The molecule has 1 aliphatic heterocycles. The highest BCUT2D eigenvalue weighted by atomic mass is 32.1. The average molecular weight is 332 g/mol. The second kappa shape index (κ2) is 7.81. The Morgan fingerprint density at radius 3 is 2.61 bits per heavy atom. The predicted molar refractivity (Wildman–Crippen MR) is 95.5 cm³/mol. The molecular weight excluding hydrogens is 308 g/mol. The van der Waals surface area contributed by atoms with Crippen molar-refractivity contribution in [3.8, 4) is 5.75 Å². The summed E-state index contributed by atoms with van der Waals surface area (Å²) in [7, 11) is 1.69. The van der Waals surface area contributed by atoms with Gasteiger partial charge in [-0.25, -0.2) is 0 Å². The maximum Gasteiger partial charge on any atom is 0.119 e. The number of nitrogens with one attached hydrogen (secondary N) is 1. The number of anilines is 1. The molecule has 1 aliphatic rings. The van der Waals surface area contributed by atoms with Crippen molar-refractivity contribution in [3.63, 3.8) is 0 Å². The second-order valence-electron chi connectivity index (χ2n) is 5.94. The molecule has 1 unspecified atom stereocenters. The monoisotopic (exact) mass is 332 g/mol. The van der Waals surface area contributed by atoms with Crippen molar-refractivity contribution < 1.29 is 9.84 Å². The summed E-state index contributed by atoms with van der Waals surface area (Å²) in [6.45, 7) is 2.71. The minimum atomic E-state index is -0.402. The minimum absolute atomic E-state index is 0.402. The number of rotatable bonds is 6. The highest BCUT2D eigenvalue weighted by molar-refractivity contribution is 7.07. The van der Waals surface area contributed by atoms with E-state index in [1.807, 2.05) is 29.0 Å². The van der Waals surface area contributed by atoms with E-state index in [2.05, 4.69) is 22.3 Å². The van der Waals surface area contributed by atoms with Crippen molar-refractivity contribution in [1.82, 2.24) is 5.32 Å². The average Bonchev–Trinajstić information content (AvgIpc) is 3.15. The number of methoxy groups -OCH3 is 1. The molecule has 1 saturated heterocycles. The Kier molecular flexibility index (Phi) is 5.54. The first-order chi connectivity index (χ1) is 11.3. The van der Waals surface area contributed by atoms with Gasteiger partial charge in [0.05, 0.1) is 13.2 Å². The minimum Gasteiger partial charge on any atom is -0.497 e. The van der Waals surface area contributed by atoms with Gasteiger partial charge in [0, 0.05) is 31.4 Å². The zero-order chi connectivity index (χ0) is 16.1. The summed E-state index contributed by atoms with van der Waals surface area (Å²) in [6, 6.07) is 10.7. The Bertz CT molecular complexity index is 578. The van der Waals surface area contributed by atoms with Crippen molar-refractivity contribution in [1.29, 1.82) is 0 Å². The van der Waals surface area contributed by atoms with Gasteiger partial charge >= 0.3 is 0 Å². The van der Waals surface area contributed by atoms with E-state index in [1.165, 1.54) is 5.69 Å². The molecule has 0 aliphatic carbocycles.